The van der Waals surface area contributed by atoms with E-state index in [-0.39, 0.29) is 29.1 Å². The average Bonchev–Trinajstić information content (AvgIpc) is 2.96. The quantitative estimate of drug-likeness (QED) is 0.645. The highest BCUT2D eigenvalue weighted by Crippen LogP contribution is 2.24. The van der Waals surface area contributed by atoms with Crippen molar-refractivity contribution in [1.29, 1.82) is 0 Å². The summed E-state index contributed by atoms with van der Waals surface area (Å²) in [5, 5.41) is 2.56. The maximum atomic E-state index is 13.5. The van der Waals surface area contributed by atoms with Crippen molar-refractivity contribution in [3.05, 3.63) is 99.8 Å². The van der Waals surface area contributed by atoms with Gasteiger partial charge in [-0.3, -0.25) is 19.3 Å². The van der Waals surface area contributed by atoms with Crippen LogP contribution in [0.5, 0.6) is 0 Å². The summed E-state index contributed by atoms with van der Waals surface area (Å²) in [6, 6.07) is 17.2. The molecule has 0 aliphatic carbocycles. The SMILES string of the molecule is O=C(Nc1ccc(Cl)c(F)c1)c1ccc(CN2C(=O)c3ccccc3C2=O)cc1. The zero-order chi connectivity index (χ0) is 20.5. The number of amides is 3. The van der Waals surface area contributed by atoms with E-state index in [9.17, 15) is 18.8 Å². The van der Waals surface area contributed by atoms with Crippen molar-refractivity contribution < 1.29 is 18.8 Å². The molecule has 7 heteroatoms. The molecule has 0 aromatic heterocycles. The van der Waals surface area contributed by atoms with Crippen LogP contribution in [0.25, 0.3) is 0 Å². The molecule has 4 rings (SSSR count). The van der Waals surface area contributed by atoms with Gasteiger partial charge in [0.1, 0.15) is 5.82 Å². The highest BCUT2D eigenvalue weighted by molar-refractivity contribution is 6.30. The molecule has 5 nitrogen and oxygen atoms in total. The molecule has 1 aliphatic rings. The minimum atomic E-state index is -0.624. The Balaban J connectivity index is 1.46. The molecule has 0 radical (unpaired) electrons. The first kappa shape index (κ1) is 18.8. The third-order valence-corrected chi connectivity index (χ3v) is 4.92. The summed E-state index contributed by atoms with van der Waals surface area (Å²) in [4.78, 5) is 38.4. The van der Waals surface area contributed by atoms with Gasteiger partial charge in [0, 0.05) is 11.3 Å². The minimum absolute atomic E-state index is 0.0273. The normalized spacial score (nSPS) is 12.8. The number of hydrogen-bond acceptors (Lipinski definition) is 3. The summed E-state index contributed by atoms with van der Waals surface area (Å²) in [7, 11) is 0. The molecule has 144 valence electrons. The maximum Gasteiger partial charge on any atom is 0.261 e. The third kappa shape index (κ3) is 3.62. The summed E-state index contributed by atoms with van der Waals surface area (Å²) >= 11 is 5.63. The Morgan fingerprint density at radius 1 is 0.931 bits per heavy atom. The fraction of sp³-hybridized carbons (Fsp3) is 0.0455. The van der Waals surface area contributed by atoms with Crippen LogP contribution in [0.15, 0.2) is 66.7 Å². The first-order valence-corrected chi connectivity index (χ1v) is 9.12. The van der Waals surface area contributed by atoms with Gasteiger partial charge in [0.15, 0.2) is 0 Å². The molecule has 0 spiro atoms. The molecule has 1 N–H and O–H groups in total. The molecule has 0 unspecified atom stereocenters. The number of carbonyl (C=O) groups excluding carboxylic acids is 3. The fourth-order valence-corrected chi connectivity index (χ4v) is 3.22. The van der Waals surface area contributed by atoms with Crippen molar-refractivity contribution in [3.8, 4) is 0 Å². The molecular formula is C22H14ClFN2O3. The van der Waals surface area contributed by atoms with E-state index in [0.717, 1.165) is 6.07 Å². The van der Waals surface area contributed by atoms with Gasteiger partial charge in [-0.15, -0.1) is 0 Å². The van der Waals surface area contributed by atoms with E-state index in [1.807, 2.05) is 0 Å². The smallest absolute Gasteiger partial charge is 0.261 e. The van der Waals surface area contributed by atoms with Gasteiger partial charge in [0.05, 0.1) is 22.7 Å². The monoisotopic (exact) mass is 408 g/mol. The molecule has 0 atom stereocenters. The highest BCUT2D eigenvalue weighted by Gasteiger charge is 2.34. The van der Waals surface area contributed by atoms with Crippen molar-refractivity contribution in [2.45, 2.75) is 6.54 Å². The summed E-state index contributed by atoms with van der Waals surface area (Å²) in [5.41, 5.74) is 2.12. The second-order valence-electron chi connectivity index (χ2n) is 6.52. The maximum absolute atomic E-state index is 13.5. The summed E-state index contributed by atoms with van der Waals surface area (Å²) < 4.78 is 13.5. The molecular weight excluding hydrogens is 395 g/mol. The number of anilines is 1. The number of imide groups is 1. The van der Waals surface area contributed by atoms with Crippen molar-refractivity contribution in [1.82, 2.24) is 4.90 Å². The Morgan fingerprint density at radius 2 is 1.55 bits per heavy atom. The van der Waals surface area contributed by atoms with Gasteiger partial charge in [0.2, 0.25) is 0 Å². The van der Waals surface area contributed by atoms with Gasteiger partial charge in [-0.1, -0.05) is 35.9 Å². The van der Waals surface area contributed by atoms with Crippen molar-refractivity contribution in [2.75, 3.05) is 5.32 Å². The van der Waals surface area contributed by atoms with Crippen molar-refractivity contribution in [3.63, 3.8) is 0 Å². The standard InChI is InChI=1S/C22H14ClFN2O3/c23-18-10-9-15(11-19(18)24)25-20(27)14-7-5-13(6-8-14)12-26-21(28)16-3-1-2-4-17(16)22(26)29/h1-11H,12H2,(H,25,27). The highest BCUT2D eigenvalue weighted by atomic mass is 35.5. The van der Waals surface area contributed by atoms with Crippen LogP contribution < -0.4 is 5.32 Å². The fourth-order valence-electron chi connectivity index (χ4n) is 3.10. The lowest BCUT2D eigenvalue weighted by atomic mass is 10.1. The molecule has 3 aromatic rings. The van der Waals surface area contributed by atoms with E-state index in [1.54, 1.807) is 48.5 Å². The van der Waals surface area contributed by atoms with Gasteiger partial charge in [0.25, 0.3) is 17.7 Å². The molecule has 0 saturated heterocycles. The van der Waals surface area contributed by atoms with Crippen LogP contribution >= 0.6 is 11.6 Å². The van der Waals surface area contributed by atoms with Gasteiger partial charge in [-0.05, 0) is 48.0 Å². The number of hydrogen-bond donors (Lipinski definition) is 1. The Kier molecular flexibility index (Phi) is 4.86. The Hall–Kier alpha value is -3.51. The number of benzene rings is 3. The van der Waals surface area contributed by atoms with Crippen LogP contribution in [0.1, 0.15) is 36.6 Å². The first-order chi connectivity index (χ1) is 13.9. The zero-order valence-corrected chi connectivity index (χ0v) is 15.7. The van der Waals surface area contributed by atoms with Gasteiger partial charge < -0.3 is 5.32 Å². The summed E-state index contributed by atoms with van der Waals surface area (Å²) in [6.07, 6.45) is 0. The second-order valence-corrected chi connectivity index (χ2v) is 6.93. The molecule has 0 fully saturated rings. The van der Waals surface area contributed by atoms with E-state index in [4.69, 9.17) is 11.6 Å². The van der Waals surface area contributed by atoms with E-state index < -0.39 is 11.7 Å². The zero-order valence-electron chi connectivity index (χ0n) is 15.0. The summed E-state index contributed by atoms with van der Waals surface area (Å²) in [6.45, 7) is 0.108. The molecule has 3 aromatic carbocycles. The number of fused-ring (bicyclic) bond motifs is 1. The predicted molar refractivity (Wildman–Crippen MR) is 106 cm³/mol. The number of nitrogens with one attached hydrogen (secondary N) is 1. The molecule has 3 amide bonds. The van der Waals surface area contributed by atoms with E-state index >= 15 is 0 Å². The number of nitrogens with zero attached hydrogens (tertiary/aromatic N) is 1. The molecule has 1 heterocycles. The third-order valence-electron chi connectivity index (χ3n) is 4.61. The van der Waals surface area contributed by atoms with Crippen LogP contribution in [-0.4, -0.2) is 22.6 Å². The van der Waals surface area contributed by atoms with Gasteiger partial charge in [-0.2, -0.15) is 0 Å². The lowest BCUT2D eigenvalue weighted by Gasteiger charge is -2.14. The van der Waals surface area contributed by atoms with Crippen LogP contribution in [0.4, 0.5) is 10.1 Å². The van der Waals surface area contributed by atoms with Crippen molar-refractivity contribution in [2.24, 2.45) is 0 Å². The number of halogens is 2. The van der Waals surface area contributed by atoms with Gasteiger partial charge >= 0.3 is 0 Å². The molecule has 0 saturated carbocycles. The van der Waals surface area contributed by atoms with Gasteiger partial charge in [-0.25, -0.2) is 4.39 Å². The van der Waals surface area contributed by atoms with E-state index in [0.29, 0.717) is 22.3 Å². The average molecular weight is 409 g/mol. The largest absolute Gasteiger partial charge is 0.322 e. The molecule has 0 bridgehead atoms. The first-order valence-electron chi connectivity index (χ1n) is 8.74. The topological polar surface area (TPSA) is 66.5 Å². The van der Waals surface area contributed by atoms with Crippen LogP contribution in [0.3, 0.4) is 0 Å². The Bertz CT molecular complexity index is 1110. The van der Waals surface area contributed by atoms with Crippen LogP contribution in [0, 0.1) is 5.82 Å². The number of rotatable bonds is 4. The predicted octanol–water partition coefficient (Wildman–Crippen LogP) is 4.53. The van der Waals surface area contributed by atoms with Crippen LogP contribution in [-0.2, 0) is 6.54 Å². The molecule has 29 heavy (non-hydrogen) atoms. The Labute approximate surface area is 170 Å². The number of carbonyl (C=O) groups is 3. The van der Waals surface area contributed by atoms with Crippen molar-refractivity contribution >= 4 is 35.0 Å². The second kappa shape index (κ2) is 7.48. The Morgan fingerprint density at radius 3 is 2.14 bits per heavy atom. The lowest BCUT2D eigenvalue weighted by molar-refractivity contribution is 0.0642. The minimum Gasteiger partial charge on any atom is -0.322 e. The molecule has 1 aliphatic heterocycles. The summed E-state index contributed by atoms with van der Waals surface area (Å²) in [5.74, 6) is -1.71. The van der Waals surface area contributed by atoms with E-state index in [2.05, 4.69) is 5.32 Å². The van der Waals surface area contributed by atoms with Crippen LogP contribution in [0.2, 0.25) is 5.02 Å². The lowest BCUT2D eigenvalue weighted by Crippen LogP contribution is -2.29. The van der Waals surface area contributed by atoms with E-state index in [1.165, 1.54) is 17.0 Å².